The number of hydrogen-bond acceptors (Lipinski definition) is 2. The zero-order valence-electron chi connectivity index (χ0n) is 11.4. The van der Waals surface area contributed by atoms with E-state index in [1.54, 1.807) is 0 Å². The number of hydrogen-bond donors (Lipinski definition) is 1. The summed E-state index contributed by atoms with van der Waals surface area (Å²) in [5.41, 5.74) is 0. The maximum Gasteiger partial charge on any atom is 0.0576 e. The standard InChI is InChI=1S/C15H29NO/c1-2-11-16-15(13-6-3-4-7-13)10-9-14-8-5-12-17-14/h13-16H,2-12H2,1H3. The third-order valence-corrected chi connectivity index (χ3v) is 4.45. The molecule has 17 heavy (non-hydrogen) atoms. The molecule has 0 amide bonds. The zero-order chi connectivity index (χ0) is 11.9. The van der Waals surface area contributed by atoms with Crippen LogP contribution in [0, 0.1) is 5.92 Å². The summed E-state index contributed by atoms with van der Waals surface area (Å²) in [5, 5.41) is 3.78. The molecule has 2 aliphatic rings. The molecule has 2 fully saturated rings. The van der Waals surface area contributed by atoms with E-state index in [0.29, 0.717) is 6.10 Å². The van der Waals surface area contributed by atoms with Crippen molar-refractivity contribution in [2.24, 2.45) is 5.92 Å². The van der Waals surface area contributed by atoms with Gasteiger partial charge in [-0.05, 0) is 57.4 Å². The largest absolute Gasteiger partial charge is 0.378 e. The first-order chi connectivity index (χ1) is 8.40. The van der Waals surface area contributed by atoms with Gasteiger partial charge >= 0.3 is 0 Å². The number of ether oxygens (including phenoxy) is 1. The Bertz CT molecular complexity index is 195. The third kappa shape index (κ3) is 4.26. The summed E-state index contributed by atoms with van der Waals surface area (Å²) in [4.78, 5) is 0. The molecule has 100 valence electrons. The molecular weight excluding hydrogens is 210 g/mol. The average Bonchev–Trinajstić information content (AvgIpc) is 3.01. The van der Waals surface area contributed by atoms with E-state index in [4.69, 9.17) is 4.74 Å². The maximum absolute atomic E-state index is 5.74. The zero-order valence-corrected chi connectivity index (χ0v) is 11.4. The van der Waals surface area contributed by atoms with Crippen molar-refractivity contribution in [3.63, 3.8) is 0 Å². The van der Waals surface area contributed by atoms with Crippen molar-refractivity contribution in [3.8, 4) is 0 Å². The van der Waals surface area contributed by atoms with Crippen molar-refractivity contribution in [1.29, 1.82) is 0 Å². The van der Waals surface area contributed by atoms with Gasteiger partial charge in [0.05, 0.1) is 6.10 Å². The van der Waals surface area contributed by atoms with Crippen LogP contribution in [0.25, 0.3) is 0 Å². The molecule has 0 aromatic heterocycles. The van der Waals surface area contributed by atoms with E-state index in [-0.39, 0.29) is 0 Å². The molecule has 2 unspecified atom stereocenters. The Kier molecular flexibility index (Phi) is 5.79. The smallest absolute Gasteiger partial charge is 0.0576 e. The van der Waals surface area contributed by atoms with E-state index in [9.17, 15) is 0 Å². The van der Waals surface area contributed by atoms with Gasteiger partial charge in [0.1, 0.15) is 0 Å². The van der Waals surface area contributed by atoms with Crippen molar-refractivity contribution in [2.45, 2.75) is 76.9 Å². The van der Waals surface area contributed by atoms with Crippen molar-refractivity contribution in [2.75, 3.05) is 13.2 Å². The van der Waals surface area contributed by atoms with Crippen LogP contribution in [-0.2, 0) is 4.74 Å². The van der Waals surface area contributed by atoms with Gasteiger partial charge in [0.25, 0.3) is 0 Å². The van der Waals surface area contributed by atoms with Gasteiger partial charge in [-0.2, -0.15) is 0 Å². The predicted octanol–water partition coefficient (Wildman–Crippen LogP) is 3.50. The topological polar surface area (TPSA) is 21.3 Å². The van der Waals surface area contributed by atoms with Gasteiger partial charge in [0.2, 0.25) is 0 Å². The second kappa shape index (κ2) is 7.38. The molecule has 0 spiro atoms. The molecule has 1 heterocycles. The van der Waals surface area contributed by atoms with Crippen molar-refractivity contribution >= 4 is 0 Å². The molecule has 1 aliphatic carbocycles. The molecule has 1 N–H and O–H groups in total. The molecule has 1 saturated carbocycles. The molecule has 0 radical (unpaired) electrons. The van der Waals surface area contributed by atoms with Crippen LogP contribution in [0.1, 0.15) is 64.7 Å². The Balaban J connectivity index is 1.72. The third-order valence-electron chi connectivity index (χ3n) is 4.45. The van der Waals surface area contributed by atoms with Gasteiger partial charge in [-0.25, -0.2) is 0 Å². The first kappa shape index (κ1) is 13.4. The van der Waals surface area contributed by atoms with E-state index in [1.165, 1.54) is 64.3 Å². The SMILES string of the molecule is CCCNC(CCC1CCCO1)C1CCCC1. The lowest BCUT2D eigenvalue weighted by Crippen LogP contribution is -2.36. The van der Waals surface area contributed by atoms with Crippen LogP contribution < -0.4 is 5.32 Å². The van der Waals surface area contributed by atoms with Crippen molar-refractivity contribution in [1.82, 2.24) is 5.32 Å². The quantitative estimate of drug-likeness (QED) is 0.734. The van der Waals surface area contributed by atoms with Crippen LogP contribution >= 0.6 is 0 Å². The Morgan fingerprint density at radius 1 is 1.18 bits per heavy atom. The number of nitrogens with one attached hydrogen (secondary N) is 1. The van der Waals surface area contributed by atoms with Crippen LogP contribution in [0.2, 0.25) is 0 Å². The van der Waals surface area contributed by atoms with E-state index in [0.717, 1.165) is 18.6 Å². The van der Waals surface area contributed by atoms with E-state index >= 15 is 0 Å². The van der Waals surface area contributed by atoms with Crippen molar-refractivity contribution in [3.05, 3.63) is 0 Å². The molecule has 2 rings (SSSR count). The van der Waals surface area contributed by atoms with E-state index in [1.807, 2.05) is 0 Å². The number of rotatable bonds is 7. The average molecular weight is 239 g/mol. The summed E-state index contributed by atoms with van der Waals surface area (Å²) in [6.07, 6.45) is 12.8. The summed E-state index contributed by atoms with van der Waals surface area (Å²) >= 11 is 0. The van der Waals surface area contributed by atoms with Crippen LogP contribution in [-0.4, -0.2) is 25.3 Å². The summed E-state index contributed by atoms with van der Waals surface area (Å²) in [6, 6.07) is 0.765. The van der Waals surface area contributed by atoms with Crippen LogP contribution in [0.5, 0.6) is 0 Å². The highest BCUT2D eigenvalue weighted by molar-refractivity contribution is 4.82. The highest BCUT2D eigenvalue weighted by Crippen LogP contribution is 2.30. The van der Waals surface area contributed by atoms with Crippen LogP contribution in [0.3, 0.4) is 0 Å². The fourth-order valence-electron chi connectivity index (χ4n) is 3.43. The first-order valence-corrected chi connectivity index (χ1v) is 7.75. The summed E-state index contributed by atoms with van der Waals surface area (Å²) in [5.74, 6) is 0.947. The van der Waals surface area contributed by atoms with E-state index in [2.05, 4.69) is 12.2 Å². The van der Waals surface area contributed by atoms with Gasteiger partial charge in [0.15, 0.2) is 0 Å². The normalized spacial score (nSPS) is 27.7. The molecule has 2 heteroatoms. The minimum atomic E-state index is 0.572. The lowest BCUT2D eigenvalue weighted by molar-refractivity contribution is 0.0971. The highest BCUT2D eigenvalue weighted by atomic mass is 16.5. The highest BCUT2D eigenvalue weighted by Gasteiger charge is 2.26. The first-order valence-electron chi connectivity index (χ1n) is 7.75. The van der Waals surface area contributed by atoms with Gasteiger partial charge in [-0.3, -0.25) is 0 Å². The summed E-state index contributed by atoms with van der Waals surface area (Å²) in [7, 11) is 0. The minimum absolute atomic E-state index is 0.572. The Hall–Kier alpha value is -0.0800. The second-order valence-electron chi connectivity index (χ2n) is 5.82. The van der Waals surface area contributed by atoms with Gasteiger partial charge < -0.3 is 10.1 Å². The Morgan fingerprint density at radius 2 is 2.00 bits per heavy atom. The lowest BCUT2D eigenvalue weighted by Gasteiger charge is -2.25. The van der Waals surface area contributed by atoms with Crippen molar-refractivity contribution < 1.29 is 4.74 Å². The monoisotopic (exact) mass is 239 g/mol. The molecule has 0 aromatic rings. The van der Waals surface area contributed by atoms with Gasteiger partial charge in [-0.15, -0.1) is 0 Å². The summed E-state index contributed by atoms with van der Waals surface area (Å²) < 4.78 is 5.74. The second-order valence-corrected chi connectivity index (χ2v) is 5.82. The Morgan fingerprint density at radius 3 is 2.65 bits per heavy atom. The predicted molar refractivity (Wildman–Crippen MR) is 72.2 cm³/mol. The molecule has 1 aliphatic heterocycles. The van der Waals surface area contributed by atoms with Crippen LogP contribution in [0.4, 0.5) is 0 Å². The Labute approximate surface area is 107 Å². The molecular formula is C15H29NO. The lowest BCUT2D eigenvalue weighted by atomic mass is 9.92. The fraction of sp³-hybridized carbons (Fsp3) is 1.00. The molecule has 2 atom stereocenters. The minimum Gasteiger partial charge on any atom is -0.378 e. The van der Waals surface area contributed by atoms with E-state index < -0.39 is 0 Å². The maximum atomic E-state index is 5.74. The molecule has 2 nitrogen and oxygen atoms in total. The molecule has 0 aromatic carbocycles. The van der Waals surface area contributed by atoms with Gasteiger partial charge in [0, 0.05) is 12.6 Å². The summed E-state index contributed by atoms with van der Waals surface area (Å²) in [6.45, 7) is 4.45. The molecule has 0 bridgehead atoms. The fourth-order valence-corrected chi connectivity index (χ4v) is 3.43. The molecule has 1 saturated heterocycles. The van der Waals surface area contributed by atoms with Crippen LogP contribution in [0.15, 0.2) is 0 Å². The van der Waals surface area contributed by atoms with Gasteiger partial charge in [-0.1, -0.05) is 19.8 Å².